The maximum absolute atomic E-state index is 4.76. The number of rotatable bonds is 3. The van der Waals surface area contributed by atoms with E-state index in [4.69, 9.17) is 4.98 Å². The molecule has 0 saturated carbocycles. The van der Waals surface area contributed by atoms with Gasteiger partial charge in [0.05, 0.1) is 0 Å². The van der Waals surface area contributed by atoms with Crippen molar-refractivity contribution in [3.05, 3.63) is 41.1 Å². The summed E-state index contributed by atoms with van der Waals surface area (Å²) in [5, 5.41) is 3.49. The molecule has 1 aromatic heterocycles. The quantitative estimate of drug-likeness (QED) is 0.913. The van der Waals surface area contributed by atoms with E-state index >= 15 is 0 Å². The molecule has 1 aliphatic rings. The number of hydrogen-bond acceptors (Lipinski definition) is 4. The number of hydrogen-bond donors (Lipinski definition) is 1. The highest BCUT2D eigenvalue weighted by Crippen LogP contribution is 2.26. The standard InChI is InChI=1S/C19H26N4/c1-13-8-10-23(11-9-13)19-20-16(4)12-17(22-19)21-18-14(2)6-5-7-15(18)3/h5-7,12-13H,8-11H2,1-4H3,(H,20,21,22). The first kappa shape index (κ1) is 15.8. The molecule has 2 aromatic rings. The van der Waals surface area contributed by atoms with Gasteiger partial charge in [-0.1, -0.05) is 25.1 Å². The summed E-state index contributed by atoms with van der Waals surface area (Å²) in [5.74, 6) is 2.54. The van der Waals surface area contributed by atoms with E-state index in [1.807, 2.05) is 13.0 Å². The van der Waals surface area contributed by atoms with Gasteiger partial charge in [-0.3, -0.25) is 0 Å². The second kappa shape index (κ2) is 6.57. The van der Waals surface area contributed by atoms with Crippen molar-refractivity contribution in [2.45, 2.75) is 40.5 Å². The number of anilines is 3. The summed E-state index contributed by atoms with van der Waals surface area (Å²) < 4.78 is 0. The normalized spacial score (nSPS) is 15.7. The molecule has 4 nitrogen and oxygen atoms in total. The second-order valence-electron chi connectivity index (χ2n) is 6.76. The Morgan fingerprint density at radius 1 is 1.04 bits per heavy atom. The Balaban J connectivity index is 1.86. The summed E-state index contributed by atoms with van der Waals surface area (Å²) in [6.07, 6.45) is 2.44. The van der Waals surface area contributed by atoms with Gasteiger partial charge in [0.1, 0.15) is 5.82 Å². The summed E-state index contributed by atoms with van der Waals surface area (Å²) >= 11 is 0. The molecule has 1 aromatic carbocycles. The summed E-state index contributed by atoms with van der Waals surface area (Å²) in [7, 11) is 0. The van der Waals surface area contributed by atoms with Gasteiger partial charge >= 0.3 is 0 Å². The summed E-state index contributed by atoms with van der Waals surface area (Å²) in [5.41, 5.74) is 4.61. The van der Waals surface area contributed by atoms with Crippen LogP contribution in [-0.4, -0.2) is 23.1 Å². The van der Waals surface area contributed by atoms with Crippen molar-refractivity contribution in [3.8, 4) is 0 Å². The van der Waals surface area contributed by atoms with Crippen molar-refractivity contribution in [2.24, 2.45) is 5.92 Å². The van der Waals surface area contributed by atoms with Crippen LogP contribution in [0.4, 0.5) is 17.5 Å². The Morgan fingerprint density at radius 3 is 2.35 bits per heavy atom. The van der Waals surface area contributed by atoms with Crippen LogP contribution >= 0.6 is 0 Å². The molecular formula is C19H26N4. The van der Waals surface area contributed by atoms with E-state index in [0.29, 0.717) is 0 Å². The number of aryl methyl sites for hydroxylation is 3. The highest BCUT2D eigenvalue weighted by molar-refractivity contribution is 5.65. The lowest BCUT2D eigenvalue weighted by Gasteiger charge is -2.30. The van der Waals surface area contributed by atoms with Crippen molar-refractivity contribution in [1.29, 1.82) is 0 Å². The van der Waals surface area contributed by atoms with Gasteiger partial charge in [-0.05, 0) is 50.7 Å². The lowest BCUT2D eigenvalue weighted by molar-refractivity contribution is 0.434. The molecule has 122 valence electrons. The zero-order chi connectivity index (χ0) is 16.4. The average Bonchev–Trinajstić information content (AvgIpc) is 2.51. The van der Waals surface area contributed by atoms with Gasteiger partial charge in [0.15, 0.2) is 0 Å². The Kier molecular flexibility index (Phi) is 4.51. The Morgan fingerprint density at radius 2 is 1.70 bits per heavy atom. The lowest BCUT2D eigenvalue weighted by Crippen LogP contribution is -2.34. The number of nitrogens with one attached hydrogen (secondary N) is 1. The molecule has 0 amide bonds. The topological polar surface area (TPSA) is 41.1 Å². The minimum Gasteiger partial charge on any atom is -0.341 e. The van der Waals surface area contributed by atoms with Crippen molar-refractivity contribution >= 4 is 17.5 Å². The monoisotopic (exact) mass is 310 g/mol. The molecule has 1 saturated heterocycles. The third kappa shape index (κ3) is 3.63. The number of piperidine rings is 1. The zero-order valence-electron chi connectivity index (χ0n) is 14.6. The fraction of sp³-hybridized carbons (Fsp3) is 0.474. The number of aromatic nitrogens is 2. The molecule has 0 atom stereocenters. The van der Waals surface area contributed by atoms with E-state index < -0.39 is 0 Å². The van der Waals surface area contributed by atoms with Gasteiger partial charge in [-0.2, -0.15) is 4.98 Å². The minimum absolute atomic E-state index is 0.809. The molecule has 3 rings (SSSR count). The van der Waals surface area contributed by atoms with E-state index in [2.05, 4.69) is 54.2 Å². The van der Waals surface area contributed by atoms with E-state index in [0.717, 1.165) is 42.2 Å². The first-order chi connectivity index (χ1) is 11.0. The van der Waals surface area contributed by atoms with E-state index in [9.17, 15) is 0 Å². The van der Waals surface area contributed by atoms with Gasteiger partial charge in [0, 0.05) is 30.5 Å². The van der Waals surface area contributed by atoms with Gasteiger partial charge in [0.2, 0.25) is 5.95 Å². The molecule has 0 bridgehead atoms. The predicted molar refractivity (Wildman–Crippen MR) is 96.6 cm³/mol. The zero-order valence-corrected chi connectivity index (χ0v) is 14.6. The first-order valence-electron chi connectivity index (χ1n) is 8.47. The third-order valence-electron chi connectivity index (χ3n) is 4.64. The summed E-state index contributed by atoms with van der Waals surface area (Å²) in [6.45, 7) is 10.7. The molecule has 1 N–H and O–H groups in total. The van der Waals surface area contributed by atoms with Crippen LogP contribution in [-0.2, 0) is 0 Å². The SMILES string of the molecule is Cc1cc(Nc2c(C)cccc2C)nc(N2CCC(C)CC2)n1. The fourth-order valence-corrected chi connectivity index (χ4v) is 3.11. The predicted octanol–water partition coefficient (Wildman–Crippen LogP) is 4.38. The maximum Gasteiger partial charge on any atom is 0.227 e. The van der Waals surface area contributed by atoms with Gasteiger partial charge in [0.25, 0.3) is 0 Å². The van der Waals surface area contributed by atoms with Crippen LogP contribution in [0, 0.1) is 26.7 Å². The highest BCUT2D eigenvalue weighted by atomic mass is 15.3. The summed E-state index contributed by atoms with van der Waals surface area (Å²) in [6, 6.07) is 8.34. The Labute approximate surface area is 139 Å². The highest BCUT2D eigenvalue weighted by Gasteiger charge is 2.18. The van der Waals surface area contributed by atoms with E-state index in [-0.39, 0.29) is 0 Å². The molecule has 1 aliphatic heterocycles. The van der Waals surface area contributed by atoms with Crippen LogP contribution in [0.25, 0.3) is 0 Å². The molecule has 0 aliphatic carbocycles. The third-order valence-corrected chi connectivity index (χ3v) is 4.64. The van der Waals surface area contributed by atoms with E-state index in [1.165, 1.54) is 24.0 Å². The first-order valence-corrected chi connectivity index (χ1v) is 8.47. The fourth-order valence-electron chi connectivity index (χ4n) is 3.11. The molecule has 0 spiro atoms. The molecule has 0 radical (unpaired) electrons. The lowest BCUT2D eigenvalue weighted by atomic mass is 10.00. The summed E-state index contributed by atoms with van der Waals surface area (Å²) in [4.78, 5) is 11.7. The van der Waals surface area contributed by atoms with E-state index in [1.54, 1.807) is 0 Å². The minimum atomic E-state index is 0.809. The van der Waals surface area contributed by atoms with Crippen molar-refractivity contribution in [1.82, 2.24) is 9.97 Å². The largest absolute Gasteiger partial charge is 0.341 e. The van der Waals surface area contributed by atoms with Crippen LogP contribution in [0.15, 0.2) is 24.3 Å². The molecular weight excluding hydrogens is 284 g/mol. The molecule has 2 heterocycles. The van der Waals surface area contributed by atoms with Crippen LogP contribution < -0.4 is 10.2 Å². The van der Waals surface area contributed by atoms with Crippen molar-refractivity contribution in [3.63, 3.8) is 0 Å². The van der Waals surface area contributed by atoms with Gasteiger partial charge < -0.3 is 10.2 Å². The number of para-hydroxylation sites is 1. The maximum atomic E-state index is 4.76. The van der Waals surface area contributed by atoms with Crippen LogP contribution in [0.5, 0.6) is 0 Å². The van der Waals surface area contributed by atoms with Crippen LogP contribution in [0.1, 0.15) is 36.6 Å². The van der Waals surface area contributed by atoms with Crippen molar-refractivity contribution in [2.75, 3.05) is 23.3 Å². The average molecular weight is 310 g/mol. The number of nitrogens with zero attached hydrogens (tertiary/aromatic N) is 3. The Hall–Kier alpha value is -2.10. The van der Waals surface area contributed by atoms with Crippen LogP contribution in [0.2, 0.25) is 0 Å². The van der Waals surface area contributed by atoms with Crippen molar-refractivity contribution < 1.29 is 0 Å². The smallest absolute Gasteiger partial charge is 0.227 e. The van der Waals surface area contributed by atoms with Gasteiger partial charge in [-0.15, -0.1) is 0 Å². The number of benzene rings is 1. The molecule has 0 unspecified atom stereocenters. The molecule has 4 heteroatoms. The second-order valence-corrected chi connectivity index (χ2v) is 6.76. The van der Waals surface area contributed by atoms with Crippen LogP contribution in [0.3, 0.4) is 0 Å². The Bertz CT molecular complexity index is 668. The molecule has 1 fully saturated rings. The van der Waals surface area contributed by atoms with Gasteiger partial charge in [-0.25, -0.2) is 4.98 Å². The molecule has 23 heavy (non-hydrogen) atoms.